The summed E-state index contributed by atoms with van der Waals surface area (Å²) in [6, 6.07) is 57.7. The van der Waals surface area contributed by atoms with Gasteiger partial charge >= 0.3 is 0 Å². The Morgan fingerprint density at radius 1 is 0.295 bits per heavy atom. The molecule has 0 atom stereocenters. The van der Waals surface area contributed by atoms with Crippen molar-refractivity contribution in [3.05, 3.63) is 158 Å². The molecule has 10 rings (SSSR count). The minimum Gasteiger partial charge on any atom is -0.309 e. The van der Waals surface area contributed by atoms with Crippen molar-refractivity contribution in [3.8, 4) is 11.4 Å². The highest BCUT2D eigenvalue weighted by molar-refractivity contribution is 6.33. The first-order valence-corrected chi connectivity index (χ1v) is 15.2. The predicted molar refractivity (Wildman–Crippen MR) is 188 cm³/mol. The van der Waals surface area contributed by atoms with E-state index in [1.54, 1.807) is 0 Å². The van der Waals surface area contributed by atoms with E-state index in [9.17, 15) is 0 Å². The van der Waals surface area contributed by atoms with E-state index in [-0.39, 0.29) is 0 Å². The maximum atomic E-state index is 2.51. The lowest BCUT2D eigenvalue weighted by molar-refractivity contribution is 1.17. The van der Waals surface area contributed by atoms with Crippen LogP contribution in [0.25, 0.3) is 87.3 Å². The van der Waals surface area contributed by atoms with Crippen LogP contribution in [0.15, 0.2) is 158 Å². The molecule has 0 unspecified atom stereocenters. The number of hydrogen-bond acceptors (Lipinski definition) is 0. The lowest BCUT2D eigenvalue weighted by Gasteiger charge is -2.13. The molecule has 0 amide bonds. The zero-order chi connectivity index (χ0) is 28.8. The molecule has 2 heteroatoms. The summed E-state index contributed by atoms with van der Waals surface area (Å²) in [4.78, 5) is 0. The summed E-state index contributed by atoms with van der Waals surface area (Å²) in [6.45, 7) is 0. The smallest absolute Gasteiger partial charge is 0.0625 e. The Morgan fingerprint density at radius 3 is 1.68 bits per heavy atom. The van der Waals surface area contributed by atoms with E-state index < -0.39 is 0 Å². The average molecular weight is 559 g/mol. The molecule has 2 heterocycles. The Kier molecular flexibility index (Phi) is 4.75. The molecule has 0 radical (unpaired) electrons. The van der Waals surface area contributed by atoms with Crippen molar-refractivity contribution in [2.24, 2.45) is 0 Å². The Hall–Kier alpha value is -5.86. The number of para-hydroxylation sites is 2. The molecular weight excluding hydrogens is 532 g/mol. The van der Waals surface area contributed by atoms with Crippen LogP contribution >= 0.6 is 0 Å². The first-order chi connectivity index (χ1) is 21.8. The number of hydrogen-bond donors (Lipinski definition) is 0. The maximum absolute atomic E-state index is 2.51. The minimum absolute atomic E-state index is 1.17. The van der Waals surface area contributed by atoms with Crippen LogP contribution in [0.1, 0.15) is 0 Å². The van der Waals surface area contributed by atoms with E-state index in [2.05, 4.69) is 167 Å². The first-order valence-electron chi connectivity index (χ1n) is 15.2. The van der Waals surface area contributed by atoms with Gasteiger partial charge in [-0.05, 0) is 75.5 Å². The van der Waals surface area contributed by atoms with E-state index in [0.717, 1.165) is 0 Å². The van der Waals surface area contributed by atoms with Gasteiger partial charge in [0.1, 0.15) is 0 Å². The van der Waals surface area contributed by atoms with Crippen molar-refractivity contribution in [2.45, 2.75) is 0 Å². The summed E-state index contributed by atoms with van der Waals surface area (Å²) in [5, 5.41) is 12.8. The van der Waals surface area contributed by atoms with Crippen LogP contribution in [-0.2, 0) is 0 Å². The lowest BCUT2D eigenvalue weighted by atomic mass is 9.96. The van der Waals surface area contributed by atoms with E-state index in [1.165, 1.54) is 87.3 Å². The highest BCUT2D eigenvalue weighted by atomic mass is 15.0. The summed E-state index contributed by atoms with van der Waals surface area (Å²) >= 11 is 0. The van der Waals surface area contributed by atoms with Crippen molar-refractivity contribution >= 4 is 75.9 Å². The second kappa shape index (κ2) is 8.82. The molecular formula is C42H26N2. The fourth-order valence-corrected chi connectivity index (χ4v) is 7.58. The van der Waals surface area contributed by atoms with Gasteiger partial charge in [-0.15, -0.1) is 0 Å². The monoisotopic (exact) mass is 558 g/mol. The first kappa shape index (κ1) is 23.7. The van der Waals surface area contributed by atoms with E-state index in [4.69, 9.17) is 0 Å². The van der Waals surface area contributed by atoms with Crippen LogP contribution in [0.3, 0.4) is 0 Å². The summed E-state index contributed by atoms with van der Waals surface area (Å²) in [7, 11) is 0. The van der Waals surface area contributed by atoms with Crippen LogP contribution in [0.2, 0.25) is 0 Å². The van der Waals surface area contributed by atoms with Gasteiger partial charge in [-0.3, -0.25) is 0 Å². The highest BCUT2D eigenvalue weighted by Crippen LogP contribution is 2.44. The number of aromatic nitrogens is 2. The molecule has 44 heavy (non-hydrogen) atoms. The van der Waals surface area contributed by atoms with Gasteiger partial charge in [-0.2, -0.15) is 0 Å². The number of fused-ring (bicyclic) bond motifs is 12. The van der Waals surface area contributed by atoms with Gasteiger partial charge in [0.2, 0.25) is 0 Å². The normalized spacial score (nSPS) is 12.1. The summed E-state index contributed by atoms with van der Waals surface area (Å²) in [6.07, 6.45) is 0. The third kappa shape index (κ3) is 3.14. The summed E-state index contributed by atoms with van der Waals surface area (Å²) in [5.74, 6) is 0. The van der Waals surface area contributed by atoms with Gasteiger partial charge in [0.25, 0.3) is 0 Å². The standard InChI is InChI=1S/C42H26N2/c1-2-14-29(15-3-1)43-38-21-11-10-18-33(38)36-26-30(22-23-39(36)43)44-40-25-28-13-5-4-12-27(28)24-37(40)41-34-19-8-6-16-31(34)32-17-7-9-20-35(32)42(41)44/h1-26H. The fraction of sp³-hybridized carbons (Fsp3) is 0. The molecule has 0 aliphatic rings. The summed E-state index contributed by atoms with van der Waals surface area (Å²) < 4.78 is 4.90. The van der Waals surface area contributed by atoms with Gasteiger partial charge in [-0.25, -0.2) is 0 Å². The zero-order valence-electron chi connectivity index (χ0n) is 23.9. The molecule has 10 aromatic rings. The molecule has 2 aromatic heterocycles. The van der Waals surface area contributed by atoms with E-state index in [1.807, 2.05) is 0 Å². The Morgan fingerprint density at radius 2 is 0.886 bits per heavy atom. The fourth-order valence-electron chi connectivity index (χ4n) is 7.58. The van der Waals surface area contributed by atoms with Gasteiger partial charge in [0.05, 0.1) is 22.1 Å². The number of rotatable bonds is 2. The topological polar surface area (TPSA) is 9.86 Å². The van der Waals surface area contributed by atoms with Crippen molar-refractivity contribution < 1.29 is 0 Å². The molecule has 0 aliphatic heterocycles. The van der Waals surface area contributed by atoms with Crippen molar-refractivity contribution in [1.29, 1.82) is 0 Å². The van der Waals surface area contributed by atoms with Crippen LogP contribution in [0.5, 0.6) is 0 Å². The number of benzene rings is 8. The van der Waals surface area contributed by atoms with Gasteiger partial charge in [0, 0.05) is 38.3 Å². The molecule has 8 aromatic carbocycles. The molecule has 2 nitrogen and oxygen atoms in total. The molecule has 204 valence electrons. The van der Waals surface area contributed by atoms with Gasteiger partial charge < -0.3 is 9.13 Å². The summed E-state index contributed by atoms with van der Waals surface area (Å²) in [5.41, 5.74) is 7.26. The van der Waals surface area contributed by atoms with Crippen LogP contribution in [0.4, 0.5) is 0 Å². The van der Waals surface area contributed by atoms with Crippen molar-refractivity contribution in [2.75, 3.05) is 0 Å². The molecule has 0 saturated carbocycles. The van der Waals surface area contributed by atoms with Crippen LogP contribution in [0, 0.1) is 0 Å². The Bertz CT molecular complexity index is 2760. The molecule has 0 saturated heterocycles. The molecule has 0 bridgehead atoms. The number of nitrogens with zero attached hydrogens (tertiary/aromatic N) is 2. The van der Waals surface area contributed by atoms with E-state index in [0.29, 0.717) is 0 Å². The molecule has 0 N–H and O–H groups in total. The second-order valence-corrected chi connectivity index (χ2v) is 11.8. The Labute approximate surface area is 253 Å². The zero-order valence-corrected chi connectivity index (χ0v) is 23.9. The van der Waals surface area contributed by atoms with Gasteiger partial charge in [0.15, 0.2) is 0 Å². The van der Waals surface area contributed by atoms with E-state index >= 15 is 0 Å². The largest absolute Gasteiger partial charge is 0.309 e. The quantitative estimate of drug-likeness (QED) is 0.187. The highest BCUT2D eigenvalue weighted by Gasteiger charge is 2.20. The van der Waals surface area contributed by atoms with Crippen molar-refractivity contribution in [1.82, 2.24) is 9.13 Å². The third-order valence-electron chi connectivity index (χ3n) is 9.43. The maximum Gasteiger partial charge on any atom is 0.0625 e. The predicted octanol–water partition coefficient (Wildman–Crippen LogP) is 11.3. The Balaban J connectivity index is 1.41. The van der Waals surface area contributed by atoms with Crippen molar-refractivity contribution in [3.63, 3.8) is 0 Å². The SMILES string of the molecule is c1ccc(-n2c3ccccc3c3cc(-n4c5cc6ccccc6cc5c5c6ccccc6c6ccccc6c54)ccc32)cc1. The molecule has 0 spiro atoms. The average Bonchev–Trinajstić information content (AvgIpc) is 3.60. The van der Waals surface area contributed by atoms with Crippen LogP contribution < -0.4 is 0 Å². The third-order valence-corrected chi connectivity index (χ3v) is 9.43. The molecule has 0 aliphatic carbocycles. The molecule has 0 fully saturated rings. The van der Waals surface area contributed by atoms with Gasteiger partial charge in [-0.1, -0.05) is 109 Å². The van der Waals surface area contributed by atoms with Crippen LogP contribution in [-0.4, -0.2) is 9.13 Å². The minimum atomic E-state index is 1.17. The second-order valence-electron chi connectivity index (χ2n) is 11.8. The lowest BCUT2D eigenvalue weighted by Crippen LogP contribution is -1.96.